The van der Waals surface area contributed by atoms with Crippen molar-refractivity contribution in [2.75, 3.05) is 31.5 Å². The fraction of sp³-hybridized carbons (Fsp3) is 0.600. The summed E-state index contributed by atoms with van der Waals surface area (Å²) >= 11 is 5.70. The van der Waals surface area contributed by atoms with Crippen molar-refractivity contribution in [3.05, 3.63) is 28.8 Å². The number of benzene rings is 1. The second kappa shape index (κ2) is 10.8. The minimum Gasteiger partial charge on any atom is -0.480 e. The standard InChI is InChI=1S/C25H30ClF3N4O6/c1-14-21(36)33(11-10-32(14)23(39)30-15-2-3-16(17(26)12-15)25(27,28)29)18(22(37)38)4-5-20(35)31-9-8-24(6-7-24)19(34)13-31/h2-3,12,14,18-19,34H,4-11,13H2,1H3,(H,30,39)(H,37,38). The van der Waals surface area contributed by atoms with E-state index in [0.29, 0.717) is 13.0 Å². The van der Waals surface area contributed by atoms with Gasteiger partial charge >= 0.3 is 18.2 Å². The monoisotopic (exact) mass is 574 g/mol. The van der Waals surface area contributed by atoms with Crippen molar-refractivity contribution in [3.63, 3.8) is 0 Å². The highest BCUT2D eigenvalue weighted by Crippen LogP contribution is 2.53. The van der Waals surface area contributed by atoms with Crippen LogP contribution in [0.3, 0.4) is 0 Å². The number of aliphatic hydroxyl groups excluding tert-OH is 1. The smallest absolute Gasteiger partial charge is 0.417 e. The van der Waals surface area contributed by atoms with Gasteiger partial charge in [-0.2, -0.15) is 13.2 Å². The van der Waals surface area contributed by atoms with E-state index in [1.165, 1.54) is 11.8 Å². The summed E-state index contributed by atoms with van der Waals surface area (Å²) in [5, 5.41) is 22.0. The van der Waals surface area contributed by atoms with Gasteiger partial charge in [-0.15, -0.1) is 0 Å². The van der Waals surface area contributed by atoms with Gasteiger partial charge in [0.05, 0.1) is 16.7 Å². The Balaban J connectivity index is 1.34. The summed E-state index contributed by atoms with van der Waals surface area (Å²) in [6, 6.07) is -0.379. The quantitative estimate of drug-likeness (QED) is 0.479. The van der Waals surface area contributed by atoms with E-state index in [4.69, 9.17) is 11.6 Å². The Labute approximate surface area is 227 Å². The second-order valence-corrected chi connectivity index (χ2v) is 10.8. The number of carboxylic acid groups (broad SMARTS) is 1. The number of hydrogen-bond donors (Lipinski definition) is 3. The molecular weight excluding hydrogens is 545 g/mol. The van der Waals surface area contributed by atoms with Crippen molar-refractivity contribution >= 4 is 41.1 Å². The van der Waals surface area contributed by atoms with Crippen LogP contribution in [0.4, 0.5) is 23.7 Å². The van der Waals surface area contributed by atoms with Gasteiger partial charge in [-0.3, -0.25) is 9.59 Å². The van der Waals surface area contributed by atoms with E-state index < -0.39 is 52.9 Å². The summed E-state index contributed by atoms with van der Waals surface area (Å²) in [7, 11) is 0. The zero-order chi connectivity index (χ0) is 28.7. The fourth-order valence-corrected chi connectivity index (χ4v) is 5.60. The lowest BCUT2D eigenvalue weighted by molar-refractivity contribution is -0.155. The molecule has 2 heterocycles. The zero-order valence-corrected chi connectivity index (χ0v) is 22.0. The highest BCUT2D eigenvalue weighted by atomic mass is 35.5. The normalized spacial score (nSPS) is 23.5. The predicted octanol–water partition coefficient (Wildman–Crippen LogP) is 3.03. The number of likely N-dealkylation sites (tertiary alicyclic amines) is 1. The van der Waals surface area contributed by atoms with E-state index in [2.05, 4.69) is 5.32 Å². The SMILES string of the molecule is CC1C(=O)N(C(CCC(=O)N2CCC3(CC3)C(O)C2)C(=O)O)CCN1C(=O)Nc1ccc(C(F)(F)F)c(Cl)c1. The molecule has 1 aliphatic carbocycles. The lowest BCUT2D eigenvalue weighted by Gasteiger charge is -2.41. The number of aliphatic hydroxyl groups is 1. The van der Waals surface area contributed by atoms with Crippen LogP contribution < -0.4 is 5.32 Å². The molecule has 3 fully saturated rings. The summed E-state index contributed by atoms with van der Waals surface area (Å²) in [5.41, 5.74) is -1.13. The first kappa shape index (κ1) is 28.9. The molecule has 3 unspecified atom stereocenters. The lowest BCUT2D eigenvalue weighted by atomic mass is 9.90. The minimum absolute atomic E-state index is 0.00237. The van der Waals surface area contributed by atoms with Crippen molar-refractivity contribution in [1.29, 1.82) is 0 Å². The fourth-order valence-electron chi connectivity index (χ4n) is 5.32. The number of piperidine rings is 1. The molecule has 14 heteroatoms. The summed E-state index contributed by atoms with van der Waals surface area (Å²) in [4.78, 5) is 54.4. The molecule has 39 heavy (non-hydrogen) atoms. The van der Waals surface area contributed by atoms with Crippen molar-refractivity contribution in [2.45, 2.75) is 63.4 Å². The predicted molar refractivity (Wildman–Crippen MR) is 133 cm³/mol. The van der Waals surface area contributed by atoms with Crippen molar-refractivity contribution in [3.8, 4) is 0 Å². The van der Waals surface area contributed by atoms with Gasteiger partial charge in [-0.1, -0.05) is 11.6 Å². The van der Waals surface area contributed by atoms with E-state index in [-0.39, 0.29) is 49.5 Å². The van der Waals surface area contributed by atoms with Gasteiger partial charge in [0, 0.05) is 38.3 Å². The lowest BCUT2D eigenvalue weighted by Crippen LogP contribution is -2.62. The van der Waals surface area contributed by atoms with E-state index in [9.17, 15) is 42.6 Å². The van der Waals surface area contributed by atoms with Gasteiger partial charge in [0.2, 0.25) is 11.8 Å². The van der Waals surface area contributed by atoms with Crippen LogP contribution >= 0.6 is 11.6 Å². The number of urea groups is 1. The summed E-state index contributed by atoms with van der Waals surface area (Å²) < 4.78 is 38.8. The van der Waals surface area contributed by atoms with Crippen molar-refractivity contribution in [1.82, 2.24) is 14.7 Å². The number of halogens is 4. The van der Waals surface area contributed by atoms with Gasteiger partial charge < -0.3 is 30.2 Å². The van der Waals surface area contributed by atoms with E-state index in [0.717, 1.165) is 40.8 Å². The second-order valence-electron chi connectivity index (χ2n) is 10.4. The zero-order valence-electron chi connectivity index (χ0n) is 21.2. The van der Waals surface area contributed by atoms with Crippen LogP contribution in [0.15, 0.2) is 18.2 Å². The molecule has 1 aromatic carbocycles. The summed E-state index contributed by atoms with van der Waals surface area (Å²) in [6.45, 7) is 1.98. The van der Waals surface area contributed by atoms with E-state index in [1.54, 1.807) is 0 Å². The number of β-amino-alcohol motifs (C(OH)–C–C–N with tert-alkyl or cyclic N) is 1. The number of hydrogen-bond acceptors (Lipinski definition) is 5. The van der Waals surface area contributed by atoms with Crippen LogP contribution in [-0.2, 0) is 20.6 Å². The van der Waals surface area contributed by atoms with Crippen LogP contribution in [-0.4, -0.2) is 93.1 Å². The number of amides is 4. The molecule has 2 aliphatic heterocycles. The van der Waals surface area contributed by atoms with E-state index in [1.807, 2.05) is 0 Å². The number of carbonyl (C=O) groups is 4. The molecule has 3 aliphatic rings. The van der Waals surface area contributed by atoms with Crippen LogP contribution in [0.25, 0.3) is 0 Å². The van der Waals surface area contributed by atoms with Crippen LogP contribution in [0.2, 0.25) is 5.02 Å². The van der Waals surface area contributed by atoms with Crippen LogP contribution in [0.1, 0.15) is 44.6 Å². The number of aliphatic carboxylic acids is 1. The molecule has 1 aromatic rings. The van der Waals surface area contributed by atoms with Crippen LogP contribution in [0.5, 0.6) is 0 Å². The molecule has 214 valence electrons. The number of carbonyl (C=O) groups excluding carboxylic acids is 3. The highest BCUT2D eigenvalue weighted by molar-refractivity contribution is 6.31. The van der Waals surface area contributed by atoms with E-state index >= 15 is 0 Å². The molecule has 4 amide bonds. The van der Waals surface area contributed by atoms with Gasteiger partial charge in [0.15, 0.2) is 0 Å². The molecule has 3 atom stereocenters. The Morgan fingerprint density at radius 2 is 1.87 bits per heavy atom. The maximum atomic E-state index is 13.1. The number of nitrogens with one attached hydrogen (secondary N) is 1. The molecular formula is C25H30ClF3N4O6. The number of carboxylic acids is 1. The number of anilines is 1. The first-order chi connectivity index (χ1) is 18.2. The Morgan fingerprint density at radius 3 is 2.44 bits per heavy atom. The Kier molecular flexibility index (Phi) is 8.04. The van der Waals surface area contributed by atoms with Gasteiger partial charge in [0.1, 0.15) is 12.1 Å². The average molecular weight is 575 g/mol. The number of nitrogens with zero attached hydrogens (tertiary/aromatic N) is 3. The maximum Gasteiger partial charge on any atom is 0.417 e. The third-order valence-electron chi connectivity index (χ3n) is 7.99. The number of alkyl halides is 3. The molecule has 2 saturated heterocycles. The Bertz CT molecular complexity index is 1160. The van der Waals surface area contributed by atoms with Gasteiger partial charge in [-0.05, 0) is 56.2 Å². The molecule has 0 aromatic heterocycles. The molecule has 10 nitrogen and oxygen atoms in total. The number of rotatable bonds is 6. The highest BCUT2D eigenvalue weighted by Gasteiger charge is 2.52. The van der Waals surface area contributed by atoms with Crippen molar-refractivity contribution < 1.29 is 42.6 Å². The molecule has 3 N–H and O–H groups in total. The number of piperazine rings is 1. The third kappa shape index (κ3) is 6.08. The Morgan fingerprint density at radius 1 is 1.18 bits per heavy atom. The Hall–Kier alpha value is -3.06. The first-order valence-corrected chi connectivity index (χ1v) is 13.0. The first-order valence-electron chi connectivity index (χ1n) is 12.7. The summed E-state index contributed by atoms with van der Waals surface area (Å²) in [6.07, 6.45) is -2.89. The topological polar surface area (TPSA) is 130 Å². The molecule has 4 rings (SSSR count). The largest absolute Gasteiger partial charge is 0.480 e. The third-order valence-corrected chi connectivity index (χ3v) is 8.31. The maximum absolute atomic E-state index is 13.1. The molecule has 1 saturated carbocycles. The molecule has 0 bridgehead atoms. The summed E-state index contributed by atoms with van der Waals surface area (Å²) in [5.74, 6) is -2.20. The van der Waals surface area contributed by atoms with Crippen molar-refractivity contribution in [2.24, 2.45) is 5.41 Å². The van der Waals surface area contributed by atoms with Crippen LogP contribution in [0, 0.1) is 5.41 Å². The van der Waals surface area contributed by atoms with Gasteiger partial charge in [0.25, 0.3) is 0 Å². The van der Waals surface area contributed by atoms with Gasteiger partial charge in [-0.25, -0.2) is 9.59 Å². The molecule has 1 spiro atoms. The average Bonchev–Trinajstić information content (AvgIpc) is 3.63. The molecule has 0 radical (unpaired) electrons. The minimum atomic E-state index is -4.66.